The second kappa shape index (κ2) is 7.75. The topological polar surface area (TPSA) is 84.4 Å². The maximum absolute atomic E-state index is 12.3. The second-order valence-electron chi connectivity index (χ2n) is 7.71. The fourth-order valence-corrected chi connectivity index (χ4v) is 3.69. The summed E-state index contributed by atoms with van der Waals surface area (Å²) in [4.78, 5) is 19.0. The highest BCUT2D eigenvalue weighted by Crippen LogP contribution is 2.33. The summed E-state index contributed by atoms with van der Waals surface area (Å²) < 4.78 is 11.1. The number of likely N-dealkylation sites (tertiary alicyclic amines) is 1. The molecule has 1 N–H and O–H groups in total. The minimum Gasteiger partial charge on any atom is -0.452 e. The van der Waals surface area contributed by atoms with Crippen LogP contribution in [0.15, 0.2) is 27.1 Å². The van der Waals surface area contributed by atoms with Crippen molar-refractivity contribution in [3.05, 3.63) is 35.2 Å². The average molecular weight is 382 g/mol. The van der Waals surface area contributed by atoms with Gasteiger partial charge in [-0.3, -0.25) is 4.79 Å². The van der Waals surface area contributed by atoms with Crippen LogP contribution in [-0.2, 0) is 0 Å². The summed E-state index contributed by atoms with van der Waals surface area (Å²) in [5.41, 5.74) is 2.79. The van der Waals surface area contributed by atoms with Crippen LogP contribution < -0.4 is 5.32 Å². The summed E-state index contributed by atoms with van der Waals surface area (Å²) in [6.45, 7) is 9.81. The van der Waals surface area contributed by atoms with E-state index >= 15 is 0 Å². The second-order valence-corrected chi connectivity index (χ2v) is 7.71. The molecule has 1 amide bonds. The smallest absolute Gasteiger partial charge is 0.316 e. The number of nitrogens with zero attached hydrogens (tertiary/aromatic N) is 3. The molecule has 1 fully saturated rings. The number of furan rings is 1. The van der Waals surface area contributed by atoms with E-state index in [1.807, 2.05) is 32.0 Å². The van der Waals surface area contributed by atoms with Gasteiger partial charge in [0, 0.05) is 24.0 Å². The van der Waals surface area contributed by atoms with Gasteiger partial charge < -0.3 is 19.2 Å². The summed E-state index contributed by atoms with van der Waals surface area (Å²) in [5, 5.41) is 7.83. The molecule has 0 aliphatic carbocycles. The molecule has 1 saturated heterocycles. The monoisotopic (exact) mass is 382 g/mol. The van der Waals surface area contributed by atoms with Gasteiger partial charge in [-0.2, -0.15) is 4.98 Å². The van der Waals surface area contributed by atoms with Crippen LogP contribution in [0.5, 0.6) is 0 Å². The van der Waals surface area contributed by atoms with Crippen molar-refractivity contribution in [3.63, 3.8) is 0 Å². The molecule has 0 unspecified atom stereocenters. The third-order valence-corrected chi connectivity index (χ3v) is 5.57. The fourth-order valence-electron chi connectivity index (χ4n) is 3.69. The van der Waals surface area contributed by atoms with Crippen molar-refractivity contribution < 1.29 is 13.7 Å². The number of aryl methyl sites for hydroxylation is 2. The molecule has 7 nitrogen and oxygen atoms in total. The number of aromatic nitrogens is 2. The van der Waals surface area contributed by atoms with Crippen molar-refractivity contribution in [3.8, 4) is 11.6 Å². The predicted octanol–water partition coefficient (Wildman–Crippen LogP) is 3.56. The number of hydrogen-bond donors (Lipinski definition) is 1. The van der Waals surface area contributed by atoms with Crippen LogP contribution in [0.3, 0.4) is 0 Å². The summed E-state index contributed by atoms with van der Waals surface area (Å²) in [6, 6.07) is 5.98. The standard InChI is InChI=1S/C21H26N4O3/c1-13-7-10-25(11-8-13)12-9-22-20(26)21-23-19(24-28-21)18-15(3)16-6-4-5-14(2)17(16)27-18/h4-6,13H,7-12H2,1-3H3,(H,22,26). The number of piperidine rings is 1. The quantitative estimate of drug-likeness (QED) is 0.726. The van der Waals surface area contributed by atoms with Gasteiger partial charge in [-0.25, -0.2) is 0 Å². The normalized spacial score (nSPS) is 16.0. The number of hydrogen-bond acceptors (Lipinski definition) is 6. The number of nitrogens with one attached hydrogen (secondary N) is 1. The zero-order valence-electron chi connectivity index (χ0n) is 16.6. The van der Waals surface area contributed by atoms with Crippen molar-refractivity contribution in [1.82, 2.24) is 20.4 Å². The fraction of sp³-hybridized carbons (Fsp3) is 0.476. The number of rotatable bonds is 5. The molecule has 4 rings (SSSR count). The van der Waals surface area contributed by atoms with Gasteiger partial charge in [-0.15, -0.1) is 0 Å². The van der Waals surface area contributed by atoms with Crippen molar-refractivity contribution >= 4 is 16.9 Å². The molecule has 0 radical (unpaired) electrons. The molecular weight excluding hydrogens is 356 g/mol. The summed E-state index contributed by atoms with van der Waals surface area (Å²) in [7, 11) is 0. The van der Waals surface area contributed by atoms with Gasteiger partial charge in [-0.05, 0) is 51.3 Å². The number of carbonyl (C=O) groups excluding carboxylic acids is 1. The summed E-state index contributed by atoms with van der Waals surface area (Å²) in [6.07, 6.45) is 2.44. The van der Waals surface area contributed by atoms with E-state index in [-0.39, 0.29) is 11.8 Å². The highest BCUT2D eigenvalue weighted by atomic mass is 16.5. The maximum Gasteiger partial charge on any atom is 0.316 e. The zero-order chi connectivity index (χ0) is 19.7. The summed E-state index contributed by atoms with van der Waals surface area (Å²) >= 11 is 0. The Morgan fingerprint density at radius 1 is 1.29 bits per heavy atom. The van der Waals surface area contributed by atoms with Crippen LogP contribution in [0.4, 0.5) is 0 Å². The van der Waals surface area contributed by atoms with Gasteiger partial charge in [-0.1, -0.05) is 30.3 Å². The van der Waals surface area contributed by atoms with Crippen LogP contribution in [0.2, 0.25) is 0 Å². The lowest BCUT2D eigenvalue weighted by Gasteiger charge is -2.29. The third-order valence-electron chi connectivity index (χ3n) is 5.57. The van der Waals surface area contributed by atoms with E-state index in [9.17, 15) is 4.79 Å². The Morgan fingerprint density at radius 2 is 2.07 bits per heavy atom. The highest BCUT2D eigenvalue weighted by molar-refractivity contribution is 5.91. The Hall–Kier alpha value is -2.67. The van der Waals surface area contributed by atoms with Gasteiger partial charge in [0.05, 0.1) is 0 Å². The lowest BCUT2D eigenvalue weighted by atomic mass is 9.99. The van der Waals surface area contributed by atoms with Crippen molar-refractivity contribution in [2.75, 3.05) is 26.2 Å². The van der Waals surface area contributed by atoms with E-state index in [1.54, 1.807) is 0 Å². The molecule has 2 aromatic heterocycles. The minimum absolute atomic E-state index is 0.0427. The number of benzene rings is 1. The Bertz CT molecular complexity index is 983. The molecule has 0 spiro atoms. The maximum atomic E-state index is 12.3. The van der Waals surface area contributed by atoms with Gasteiger partial charge in [0.1, 0.15) is 5.58 Å². The van der Waals surface area contributed by atoms with E-state index in [4.69, 9.17) is 8.94 Å². The van der Waals surface area contributed by atoms with Crippen LogP contribution in [0.25, 0.3) is 22.6 Å². The van der Waals surface area contributed by atoms with E-state index < -0.39 is 0 Å². The SMILES string of the molecule is Cc1c(-c2noc(C(=O)NCCN3CCC(C)CC3)n2)oc2c(C)cccc12. The largest absolute Gasteiger partial charge is 0.452 e. The van der Waals surface area contributed by atoms with Gasteiger partial charge in [0.2, 0.25) is 5.82 Å². The molecular formula is C21H26N4O3. The van der Waals surface area contributed by atoms with Crippen LogP contribution >= 0.6 is 0 Å². The third kappa shape index (κ3) is 3.67. The lowest BCUT2D eigenvalue weighted by Crippen LogP contribution is -2.39. The first-order chi connectivity index (χ1) is 13.5. The first-order valence-corrected chi connectivity index (χ1v) is 9.86. The first kappa shape index (κ1) is 18.7. The van der Waals surface area contributed by atoms with E-state index in [2.05, 4.69) is 27.3 Å². The van der Waals surface area contributed by atoms with Crippen LogP contribution in [0, 0.1) is 19.8 Å². The Morgan fingerprint density at radius 3 is 2.82 bits per heavy atom. The number of carbonyl (C=O) groups is 1. The van der Waals surface area contributed by atoms with Crippen molar-refractivity contribution in [1.29, 1.82) is 0 Å². The molecule has 3 aromatic rings. The van der Waals surface area contributed by atoms with E-state index in [1.165, 1.54) is 12.8 Å². The first-order valence-electron chi connectivity index (χ1n) is 9.86. The van der Waals surface area contributed by atoms with E-state index in [0.717, 1.165) is 47.6 Å². The predicted molar refractivity (Wildman–Crippen MR) is 106 cm³/mol. The Kier molecular flexibility index (Phi) is 5.17. The van der Waals surface area contributed by atoms with Crippen LogP contribution in [-0.4, -0.2) is 47.1 Å². The lowest BCUT2D eigenvalue weighted by molar-refractivity contribution is 0.0901. The zero-order valence-corrected chi connectivity index (χ0v) is 16.6. The number of amides is 1. The number of fused-ring (bicyclic) bond motifs is 1. The average Bonchev–Trinajstić information content (AvgIpc) is 3.29. The van der Waals surface area contributed by atoms with Gasteiger partial charge >= 0.3 is 11.8 Å². The van der Waals surface area contributed by atoms with Crippen molar-refractivity contribution in [2.45, 2.75) is 33.6 Å². The molecule has 148 valence electrons. The van der Waals surface area contributed by atoms with Gasteiger partial charge in [0.25, 0.3) is 0 Å². The molecule has 7 heteroatoms. The highest BCUT2D eigenvalue weighted by Gasteiger charge is 2.22. The molecule has 1 aromatic carbocycles. The molecule has 1 aliphatic rings. The molecule has 0 saturated carbocycles. The Balaban J connectivity index is 1.41. The van der Waals surface area contributed by atoms with E-state index in [0.29, 0.717) is 18.1 Å². The van der Waals surface area contributed by atoms with Crippen molar-refractivity contribution in [2.24, 2.45) is 5.92 Å². The van der Waals surface area contributed by atoms with Crippen LogP contribution in [0.1, 0.15) is 41.6 Å². The molecule has 3 heterocycles. The molecule has 28 heavy (non-hydrogen) atoms. The molecule has 0 bridgehead atoms. The molecule has 1 aliphatic heterocycles. The minimum atomic E-state index is -0.353. The number of para-hydroxylation sites is 1. The molecule has 0 atom stereocenters. The Labute approximate surface area is 164 Å². The van der Waals surface area contributed by atoms with Gasteiger partial charge in [0.15, 0.2) is 5.76 Å². The summed E-state index contributed by atoms with van der Waals surface area (Å²) in [5.74, 6) is 1.24.